The predicted molar refractivity (Wildman–Crippen MR) is 98.0 cm³/mol. The molecule has 2 aromatic carbocycles. The Hall–Kier alpha value is -2.51. The first-order chi connectivity index (χ1) is 12.4. The van der Waals surface area contributed by atoms with Gasteiger partial charge in [-0.3, -0.25) is 24.2 Å². The molecule has 2 amide bonds. The van der Waals surface area contributed by atoms with Crippen LogP contribution < -0.4 is 10.4 Å². The summed E-state index contributed by atoms with van der Waals surface area (Å²) in [4.78, 5) is 24.7. The number of nitrogens with zero attached hydrogens (tertiary/aromatic N) is 2. The Bertz CT molecular complexity index is 737. The minimum absolute atomic E-state index is 0.401. The third-order valence-corrected chi connectivity index (χ3v) is 5.11. The fraction of sp³-hybridized carbons (Fsp3) is 0.176. The third-order valence-electron chi connectivity index (χ3n) is 3.47. The van der Waals surface area contributed by atoms with Gasteiger partial charge in [0.1, 0.15) is 0 Å². The Labute approximate surface area is 152 Å². The van der Waals surface area contributed by atoms with Gasteiger partial charge >= 0.3 is 7.67 Å². The second-order valence-corrected chi connectivity index (χ2v) is 7.26. The summed E-state index contributed by atoms with van der Waals surface area (Å²) >= 11 is 0. The molecule has 0 aliphatic heterocycles. The molecular formula is C17H21N4O4P. The molecule has 0 aliphatic carbocycles. The summed E-state index contributed by atoms with van der Waals surface area (Å²) in [6, 6.07) is 17.0. The van der Waals surface area contributed by atoms with E-state index in [0.717, 1.165) is 10.0 Å². The van der Waals surface area contributed by atoms with E-state index >= 15 is 0 Å². The molecule has 0 radical (unpaired) electrons. The quantitative estimate of drug-likeness (QED) is 0.569. The summed E-state index contributed by atoms with van der Waals surface area (Å²) in [5.41, 5.74) is 0.831. The van der Waals surface area contributed by atoms with E-state index in [1.165, 1.54) is 21.2 Å². The molecule has 0 aromatic heterocycles. The second kappa shape index (κ2) is 8.73. The summed E-state index contributed by atoms with van der Waals surface area (Å²) in [5, 5.41) is 7.08. The zero-order chi connectivity index (χ0) is 19.2. The van der Waals surface area contributed by atoms with Crippen LogP contribution in [-0.4, -0.2) is 43.0 Å². The van der Waals surface area contributed by atoms with Gasteiger partial charge in [0.2, 0.25) is 0 Å². The van der Waals surface area contributed by atoms with Crippen LogP contribution in [0.4, 0.5) is 0 Å². The number of nitrogens with one attached hydrogen (secondary N) is 2. The van der Waals surface area contributed by atoms with Gasteiger partial charge in [0.05, 0.1) is 0 Å². The molecule has 0 fully saturated rings. The predicted octanol–water partition coefficient (Wildman–Crippen LogP) is 2.29. The van der Waals surface area contributed by atoms with E-state index in [1.54, 1.807) is 60.7 Å². The first-order valence-electron chi connectivity index (χ1n) is 7.74. The van der Waals surface area contributed by atoms with E-state index in [-0.39, 0.29) is 0 Å². The van der Waals surface area contributed by atoms with Crippen molar-refractivity contribution in [1.82, 2.24) is 20.4 Å². The monoisotopic (exact) mass is 376 g/mol. The van der Waals surface area contributed by atoms with Gasteiger partial charge in [0, 0.05) is 32.3 Å². The van der Waals surface area contributed by atoms with Gasteiger partial charge in [-0.05, 0) is 24.3 Å². The van der Waals surface area contributed by atoms with Crippen LogP contribution >= 0.6 is 7.67 Å². The molecule has 0 saturated carbocycles. The molecular weight excluding hydrogens is 355 g/mol. The van der Waals surface area contributed by atoms with Crippen molar-refractivity contribution >= 4 is 19.5 Å². The maximum atomic E-state index is 12.8. The Morgan fingerprint density at radius 3 is 1.46 bits per heavy atom. The van der Waals surface area contributed by atoms with Gasteiger partial charge in [0.15, 0.2) is 0 Å². The fourth-order valence-electron chi connectivity index (χ4n) is 2.14. The number of carbonyl (C=O) groups excluding carboxylic acids is 2. The van der Waals surface area contributed by atoms with Crippen molar-refractivity contribution in [3.63, 3.8) is 0 Å². The Kier molecular flexibility index (Phi) is 6.65. The molecule has 0 aliphatic rings. The molecule has 26 heavy (non-hydrogen) atoms. The highest BCUT2D eigenvalue weighted by molar-refractivity contribution is 7.54. The average Bonchev–Trinajstić information content (AvgIpc) is 2.67. The largest absolute Gasteiger partial charge is 0.375 e. The average molecular weight is 376 g/mol. The van der Waals surface area contributed by atoms with Crippen molar-refractivity contribution in [2.75, 3.05) is 21.2 Å². The Morgan fingerprint density at radius 2 is 1.15 bits per heavy atom. The zero-order valence-corrected chi connectivity index (χ0v) is 15.6. The minimum atomic E-state index is -3.75. The van der Waals surface area contributed by atoms with E-state index in [2.05, 4.69) is 10.4 Å². The first-order valence-corrected chi connectivity index (χ1v) is 9.36. The van der Waals surface area contributed by atoms with E-state index in [4.69, 9.17) is 4.52 Å². The van der Waals surface area contributed by atoms with Crippen LogP contribution in [0.15, 0.2) is 60.7 Å². The normalized spacial score (nSPS) is 11.0. The number of hydrogen-bond acceptors (Lipinski definition) is 4. The van der Waals surface area contributed by atoms with Gasteiger partial charge in [0.25, 0.3) is 11.8 Å². The van der Waals surface area contributed by atoms with Crippen LogP contribution in [0.25, 0.3) is 0 Å². The van der Waals surface area contributed by atoms with Gasteiger partial charge in [-0.25, -0.2) is 0 Å². The molecule has 0 unspecified atom stereocenters. The van der Waals surface area contributed by atoms with E-state index in [0.29, 0.717) is 11.1 Å². The lowest BCUT2D eigenvalue weighted by Gasteiger charge is -2.28. The molecule has 2 aromatic rings. The summed E-state index contributed by atoms with van der Waals surface area (Å²) in [5.74, 6) is -0.802. The molecule has 0 saturated heterocycles. The molecule has 0 atom stereocenters. The lowest BCUT2D eigenvalue weighted by atomic mass is 10.2. The lowest BCUT2D eigenvalue weighted by Crippen LogP contribution is -2.46. The molecule has 8 nitrogen and oxygen atoms in total. The molecule has 0 spiro atoms. The van der Waals surface area contributed by atoms with Gasteiger partial charge in [-0.15, -0.1) is 10.4 Å². The summed E-state index contributed by atoms with van der Waals surface area (Å²) < 4.78 is 17.8. The number of hydrogen-bond donors (Lipinski definition) is 2. The van der Waals surface area contributed by atoms with Gasteiger partial charge < -0.3 is 4.52 Å². The summed E-state index contributed by atoms with van der Waals surface area (Å²) in [6.07, 6.45) is 0. The molecule has 2 N–H and O–H groups in total. The third kappa shape index (κ3) is 5.00. The van der Waals surface area contributed by atoms with Crippen LogP contribution in [0.3, 0.4) is 0 Å². The van der Waals surface area contributed by atoms with Gasteiger partial charge in [-0.1, -0.05) is 36.4 Å². The van der Waals surface area contributed by atoms with Crippen LogP contribution in [0.1, 0.15) is 20.7 Å². The molecule has 2 rings (SSSR count). The molecule has 0 heterocycles. The second-order valence-electron chi connectivity index (χ2n) is 5.39. The van der Waals surface area contributed by atoms with Crippen molar-refractivity contribution in [2.45, 2.75) is 0 Å². The fourth-order valence-corrected chi connectivity index (χ4v) is 3.32. The maximum absolute atomic E-state index is 12.8. The van der Waals surface area contributed by atoms with E-state index < -0.39 is 19.5 Å². The SMILES string of the molecule is COP(=O)(NN(C)C(=O)c1ccccc1)NN(C)C(=O)c1ccccc1. The highest BCUT2D eigenvalue weighted by Crippen LogP contribution is 2.37. The van der Waals surface area contributed by atoms with Crippen molar-refractivity contribution in [3.05, 3.63) is 71.8 Å². The van der Waals surface area contributed by atoms with Crippen molar-refractivity contribution in [2.24, 2.45) is 0 Å². The molecule has 9 heteroatoms. The van der Waals surface area contributed by atoms with E-state index in [9.17, 15) is 14.2 Å². The van der Waals surface area contributed by atoms with Crippen LogP contribution in [0, 0.1) is 0 Å². The zero-order valence-electron chi connectivity index (χ0n) is 14.7. The van der Waals surface area contributed by atoms with Crippen LogP contribution in [0.5, 0.6) is 0 Å². The van der Waals surface area contributed by atoms with E-state index in [1.807, 2.05) is 0 Å². The standard InChI is InChI=1S/C17H21N4O4P/c1-20(16(22)14-10-6-4-7-11-14)18-26(24,25-3)19-21(2)17(23)15-12-8-5-9-13-15/h4-13H,1-3H3,(H2,18,19,24). The number of amides is 2. The number of rotatable bonds is 7. The highest BCUT2D eigenvalue weighted by atomic mass is 31.2. The highest BCUT2D eigenvalue weighted by Gasteiger charge is 2.29. The first kappa shape index (κ1) is 19.8. The molecule has 138 valence electrons. The number of carbonyl (C=O) groups is 2. The maximum Gasteiger partial charge on any atom is 0.375 e. The Balaban J connectivity index is 2.06. The minimum Gasteiger partial charge on any atom is -0.307 e. The summed E-state index contributed by atoms with van der Waals surface area (Å²) in [7, 11) is 0.296. The smallest absolute Gasteiger partial charge is 0.307 e. The summed E-state index contributed by atoms with van der Waals surface area (Å²) in [6.45, 7) is 0. The number of benzene rings is 2. The van der Waals surface area contributed by atoms with Crippen molar-refractivity contribution in [3.8, 4) is 0 Å². The van der Waals surface area contributed by atoms with Crippen molar-refractivity contribution < 1.29 is 18.7 Å². The van der Waals surface area contributed by atoms with Gasteiger partial charge in [-0.2, -0.15) is 0 Å². The lowest BCUT2D eigenvalue weighted by molar-refractivity contribution is 0.0723. The van der Waals surface area contributed by atoms with Crippen LogP contribution in [-0.2, 0) is 9.09 Å². The topological polar surface area (TPSA) is 91.0 Å². The van der Waals surface area contributed by atoms with Crippen molar-refractivity contribution in [1.29, 1.82) is 0 Å². The van der Waals surface area contributed by atoms with Crippen LogP contribution in [0.2, 0.25) is 0 Å². The Morgan fingerprint density at radius 1 is 0.808 bits per heavy atom. The number of hydrazine groups is 2. The molecule has 0 bridgehead atoms.